The van der Waals surface area contributed by atoms with E-state index in [1.165, 1.54) is 29.1 Å². The van der Waals surface area contributed by atoms with Crippen LogP contribution in [0.15, 0.2) is 77.8 Å². The third-order valence-electron chi connectivity index (χ3n) is 7.97. The predicted octanol–water partition coefficient (Wildman–Crippen LogP) is 3.84. The quantitative estimate of drug-likeness (QED) is 0.265. The fraction of sp³-hybridized carbons (Fsp3) is 0.188. The maximum atomic E-state index is 14.2. The van der Waals surface area contributed by atoms with E-state index in [0.29, 0.717) is 42.9 Å². The minimum atomic E-state index is -4.25. The lowest BCUT2D eigenvalue weighted by Crippen LogP contribution is -2.40. The van der Waals surface area contributed by atoms with Gasteiger partial charge in [0.1, 0.15) is 17.3 Å². The molecule has 7 rings (SSSR count). The third-order valence-corrected chi connectivity index (χ3v) is 9.72. The van der Waals surface area contributed by atoms with Gasteiger partial charge in [-0.25, -0.2) is 22.1 Å². The SMILES string of the molecule is Cc1ccc(S(=O)(=O)n2c(C(=O)c3cnn(-c4ccc5nc(C)[nH]c5c4)c3N)cc3cc(C(=O)N4CCOCC4)ccc32)cc1. The first-order valence-corrected chi connectivity index (χ1v) is 15.8. The highest BCUT2D eigenvalue weighted by molar-refractivity contribution is 7.90. The van der Waals surface area contributed by atoms with Crippen molar-refractivity contribution in [2.75, 3.05) is 32.0 Å². The molecule has 1 fully saturated rings. The molecule has 0 atom stereocenters. The summed E-state index contributed by atoms with van der Waals surface area (Å²) in [4.78, 5) is 36.7. The van der Waals surface area contributed by atoms with Crippen molar-refractivity contribution in [2.24, 2.45) is 0 Å². The van der Waals surface area contributed by atoms with E-state index in [1.54, 1.807) is 41.3 Å². The second-order valence-corrected chi connectivity index (χ2v) is 12.8. The first-order chi connectivity index (χ1) is 21.6. The summed E-state index contributed by atoms with van der Waals surface area (Å²) in [6.45, 7) is 5.52. The number of nitrogen functional groups attached to an aromatic ring is 1. The van der Waals surface area contributed by atoms with Crippen molar-refractivity contribution in [3.63, 3.8) is 0 Å². The number of H-pyrrole nitrogens is 1. The summed E-state index contributed by atoms with van der Waals surface area (Å²) in [7, 11) is -4.25. The molecule has 0 radical (unpaired) electrons. The molecule has 0 unspecified atom stereocenters. The monoisotopic (exact) mass is 623 g/mol. The van der Waals surface area contributed by atoms with Crippen LogP contribution >= 0.6 is 0 Å². The van der Waals surface area contributed by atoms with Gasteiger partial charge in [0, 0.05) is 24.0 Å². The number of aromatic amines is 1. The normalized spacial score (nSPS) is 14.0. The van der Waals surface area contributed by atoms with Gasteiger partial charge in [-0.1, -0.05) is 17.7 Å². The maximum Gasteiger partial charge on any atom is 0.268 e. The molecule has 1 aliphatic heterocycles. The van der Waals surface area contributed by atoms with E-state index in [4.69, 9.17) is 10.5 Å². The zero-order valence-electron chi connectivity index (χ0n) is 24.5. The number of benzene rings is 3. The lowest BCUT2D eigenvalue weighted by molar-refractivity contribution is 0.0303. The predicted molar refractivity (Wildman–Crippen MR) is 168 cm³/mol. The number of hydrogen-bond acceptors (Lipinski definition) is 8. The van der Waals surface area contributed by atoms with Crippen molar-refractivity contribution in [3.8, 4) is 5.69 Å². The minimum Gasteiger partial charge on any atom is -0.383 e. The molecule has 1 saturated heterocycles. The summed E-state index contributed by atoms with van der Waals surface area (Å²) in [5.41, 5.74) is 10.1. The van der Waals surface area contributed by atoms with Crippen molar-refractivity contribution < 1.29 is 22.7 Å². The van der Waals surface area contributed by atoms with Crippen LogP contribution in [0.25, 0.3) is 27.6 Å². The second kappa shape index (κ2) is 10.7. The number of morpholine rings is 1. The largest absolute Gasteiger partial charge is 0.383 e. The zero-order valence-corrected chi connectivity index (χ0v) is 25.3. The number of nitrogens with one attached hydrogen (secondary N) is 1. The Hall–Kier alpha value is -5.27. The Balaban J connectivity index is 1.35. The van der Waals surface area contributed by atoms with E-state index in [0.717, 1.165) is 26.4 Å². The van der Waals surface area contributed by atoms with Gasteiger partial charge in [0.15, 0.2) is 0 Å². The molecule has 3 aromatic carbocycles. The van der Waals surface area contributed by atoms with Crippen molar-refractivity contribution in [2.45, 2.75) is 18.7 Å². The molecule has 228 valence electrons. The smallest absolute Gasteiger partial charge is 0.268 e. The Kier molecular flexibility index (Phi) is 6.79. The molecule has 3 N–H and O–H groups in total. The van der Waals surface area contributed by atoms with Gasteiger partial charge in [0.05, 0.1) is 52.1 Å². The highest BCUT2D eigenvalue weighted by Crippen LogP contribution is 2.31. The van der Waals surface area contributed by atoms with Crippen LogP contribution in [0.2, 0.25) is 0 Å². The van der Waals surface area contributed by atoms with Gasteiger partial charge in [-0.05, 0) is 68.4 Å². The number of ketones is 1. The van der Waals surface area contributed by atoms with Crippen molar-refractivity contribution in [1.82, 2.24) is 28.6 Å². The molecular weight excluding hydrogens is 594 g/mol. The van der Waals surface area contributed by atoms with Gasteiger partial charge in [-0.2, -0.15) is 5.10 Å². The summed E-state index contributed by atoms with van der Waals surface area (Å²) >= 11 is 0. The van der Waals surface area contributed by atoms with Crippen LogP contribution in [0.4, 0.5) is 5.82 Å². The number of amides is 1. The highest BCUT2D eigenvalue weighted by Gasteiger charge is 2.30. The molecule has 6 aromatic rings. The molecule has 0 bridgehead atoms. The molecule has 0 saturated carbocycles. The van der Waals surface area contributed by atoms with Crippen LogP contribution < -0.4 is 5.73 Å². The summed E-state index contributed by atoms with van der Waals surface area (Å²) < 4.78 is 36.1. The minimum absolute atomic E-state index is 0.0138. The topological polar surface area (TPSA) is 158 Å². The van der Waals surface area contributed by atoms with Crippen molar-refractivity contribution in [3.05, 3.63) is 101 Å². The second-order valence-electron chi connectivity index (χ2n) is 11.0. The molecule has 13 heteroatoms. The molecule has 1 aliphatic rings. The standard InChI is InChI=1S/C32H29N7O5S/c1-19-3-7-24(8-4-19)45(42,43)39-28-10-5-21(32(41)37-11-13-44-14-12-37)15-22(28)16-29(39)30(40)25-18-34-38(31(25)33)23-6-9-26-27(17-23)36-20(2)35-26/h3-10,15-18H,11-14,33H2,1-2H3,(H,35,36). The molecule has 3 aromatic heterocycles. The number of carbonyl (C=O) groups excluding carboxylic acids is 2. The van der Waals surface area contributed by atoms with Crippen molar-refractivity contribution in [1.29, 1.82) is 0 Å². The maximum absolute atomic E-state index is 14.2. The number of imidazole rings is 1. The first-order valence-electron chi connectivity index (χ1n) is 14.3. The number of anilines is 1. The Morgan fingerprint density at radius 2 is 1.71 bits per heavy atom. The van der Waals surface area contributed by atoms with E-state index >= 15 is 0 Å². The van der Waals surface area contributed by atoms with Gasteiger partial charge in [-0.3, -0.25) is 9.59 Å². The number of nitrogens with zero attached hydrogens (tertiary/aromatic N) is 5. The fourth-order valence-electron chi connectivity index (χ4n) is 5.64. The summed E-state index contributed by atoms with van der Waals surface area (Å²) in [6.07, 6.45) is 1.33. The molecule has 0 aliphatic carbocycles. The Morgan fingerprint density at radius 1 is 0.956 bits per heavy atom. The molecule has 0 spiro atoms. The van der Waals surface area contributed by atoms with Gasteiger partial charge >= 0.3 is 0 Å². The van der Waals surface area contributed by atoms with E-state index in [2.05, 4.69) is 15.1 Å². The number of rotatable bonds is 6. The van der Waals surface area contributed by atoms with Crippen LogP contribution in [0.3, 0.4) is 0 Å². The number of carbonyl (C=O) groups is 2. The van der Waals surface area contributed by atoms with Crippen LogP contribution in [0.1, 0.15) is 37.8 Å². The lowest BCUT2D eigenvalue weighted by atomic mass is 10.1. The number of hydrogen-bond donors (Lipinski definition) is 2. The molecule has 1 amide bonds. The number of nitrogens with two attached hydrogens (primary N) is 1. The molecule has 4 heterocycles. The van der Waals surface area contributed by atoms with Gasteiger partial charge < -0.3 is 20.4 Å². The Bertz CT molecular complexity index is 2240. The van der Waals surface area contributed by atoms with Gasteiger partial charge in [0.2, 0.25) is 5.78 Å². The highest BCUT2D eigenvalue weighted by atomic mass is 32.2. The van der Waals surface area contributed by atoms with E-state index in [9.17, 15) is 18.0 Å². The van der Waals surface area contributed by atoms with Gasteiger partial charge in [-0.15, -0.1) is 0 Å². The van der Waals surface area contributed by atoms with Crippen LogP contribution in [0.5, 0.6) is 0 Å². The average molecular weight is 624 g/mol. The summed E-state index contributed by atoms with van der Waals surface area (Å²) in [5.74, 6) is -0.0329. The number of aromatic nitrogens is 5. The van der Waals surface area contributed by atoms with Crippen LogP contribution in [-0.4, -0.2) is 75.0 Å². The van der Waals surface area contributed by atoms with Crippen molar-refractivity contribution >= 4 is 49.5 Å². The molecular formula is C32H29N7O5S. The Labute approximate surface area is 258 Å². The van der Waals surface area contributed by atoms with Crippen LogP contribution in [0, 0.1) is 13.8 Å². The fourth-order valence-corrected chi connectivity index (χ4v) is 7.15. The number of ether oxygens (including phenoxy) is 1. The summed E-state index contributed by atoms with van der Waals surface area (Å²) in [5, 5.41) is 4.78. The van der Waals surface area contributed by atoms with Gasteiger partial charge in [0.25, 0.3) is 15.9 Å². The number of fused-ring (bicyclic) bond motifs is 2. The van der Waals surface area contributed by atoms with E-state index in [-0.39, 0.29) is 33.4 Å². The van der Waals surface area contributed by atoms with Crippen LogP contribution in [-0.2, 0) is 14.8 Å². The lowest BCUT2D eigenvalue weighted by Gasteiger charge is -2.26. The number of aryl methyl sites for hydroxylation is 2. The van der Waals surface area contributed by atoms with E-state index in [1.807, 2.05) is 26.0 Å². The molecule has 45 heavy (non-hydrogen) atoms. The first kappa shape index (κ1) is 28.5. The third kappa shape index (κ3) is 4.86. The van der Waals surface area contributed by atoms with E-state index < -0.39 is 15.8 Å². The molecule has 12 nitrogen and oxygen atoms in total. The average Bonchev–Trinajstić information content (AvgIpc) is 3.74. The Morgan fingerprint density at radius 3 is 2.47 bits per heavy atom. The zero-order chi connectivity index (χ0) is 31.5. The summed E-state index contributed by atoms with van der Waals surface area (Å²) in [6, 6.07) is 18.0.